The van der Waals surface area contributed by atoms with Crippen LogP contribution in [0.3, 0.4) is 0 Å². The van der Waals surface area contributed by atoms with Crippen LogP contribution in [0.25, 0.3) is 0 Å². The predicted molar refractivity (Wildman–Crippen MR) is 72.7 cm³/mol. The fraction of sp³-hybridized carbons (Fsp3) is 0.250. The van der Waals surface area contributed by atoms with Gasteiger partial charge in [-0.2, -0.15) is 0 Å². The Morgan fingerprint density at radius 1 is 1.56 bits per heavy atom. The third kappa shape index (κ3) is 4.78. The molecular weight excluding hydrogens is 274 g/mol. The monoisotopic (exact) mass is 283 g/mol. The molecule has 0 spiro atoms. The average Bonchev–Trinajstić information content (AvgIpc) is 2.30. The molecule has 0 aromatic heterocycles. The van der Waals surface area contributed by atoms with Crippen molar-refractivity contribution in [3.8, 4) is 11.8 Å². The molecule has 1 aromatic carbocycles. The number of nitrogens with zero attached hydrogens (tertiary/aromatic N) is 1. The van der Waals surface area contributed by atoms with Gasteiger partial charge in [0, 0.05) is 36.8 Å². The van der Waals surface area contributed by atoms with Gasteiger partial charge in [-0.1, -0.05) is 35.2 Å². The second-order valence-electron chi connectivity index (χ2n) is 3.31. The molecule has 0 radical (unpaired) electrons. The average molecular weight is 284 g/mol. The molecular formula is C12H10ClNO3S. The number of rotatable bonds is 3. The van der Waals surface area contributed by atoms with E-state index in [1.54, 1.807) is 0 Å². The van der Waals surface area contributed by atoms with E-state index in [2.05, 4.69) is 11.8 Å². The van der Waals surface area contributed by atoms with Gasteiger partial charge < -0.3 is 0 Å². The summed E-state index contributed by atoms with van der Waals surface area (Å²) in [6, 6.07) is 4.13. The highest BCUT2D eigenvalue weighted by Crippen LogP contribution is 2.21. The first kappa shape index (κ1) is 14.6. The Hall–Kier alpha value is -1.51. The molecule has 0 heterocycles. The van der Waals surface area contributed by atoms with E-state index in [0.717, 1.165) is 0 Å². The normalized spacial score (nSPS) is 9.44. The molecule has 1 aromatic rings. The number of hydrogen-bond donors (Lipinski definition) is 0. The number of non-ortho nitro benzene ring substituents is 1. The van der Waals surface area contributed by atoms with Gasteiger partial charge >= 0.3 is 0 Å². The molecule has 0 bridgehead atoms. The van der Waals surface area contributed by atoms with Crippen LogP contribution in [0.2, 0.25) is 5.02 Å². The van der Waals surface area contributed by atoms with Crippen LogP contribution in [0.5, 0.6) is 0 Å². The van der Waals surface area contributed by atoms with E-state index in [-0.39, 0.29) is 10.8 Å². The van der Waals surface area contributed by atoms with E-state index in [4.69, 9.17) is 11.6 Å². The molecule has 0 saturated carbocycles. The predicted octanol–water partition coefficient (Wildman–Crippen LogP) is 3.27. The Balaban J connectivity index is 2.71. The molecule has 0 aliphatic heterocycles. The van der Waals surface area contributed by atoms with Crippen molar-refractivity contribution >= 4 is 34.2 Å². The SMILES string of the molecule is CC(=O)SCCC#Cc1cc([N+](=O)[O-])ccc1Cl. The van der Waals surface area contributed by atoms with Crippen LogP contribution in [0, 0.1) is 22.0 Å². The molecule has 0 aliphatic rings. The number of benzene rings is 1. The van der Waals surface area contributed by atoms with Crippen LogP contribution in [0.15, 0.2) is 18.2 Å². The topological polar surface area (TPSA) is 60.2 Å². The molecule has 18 heavy (non-hydrogen) atoms. The Bertz CT molecular complexity index is 534. The molecule has 4 nitrogen and oxygen atoms in total. The zero-order valence-electron chi connectivity index (χ0n) is 9.60. The molecule has 0 N–H and O–H groups in total. The summed E-state index contributed by atoms with van der Waals surface area (Å²) >= 11 is 7.08. The van der Waals surface area contributed by atoms with Gasteiger partial charge in [-0.3, -0.25) is 14.9 Å². The van der Waals surface area contributed by atoms with Crippen molar-refractivity contribution in [2.45, 2.75) is 13.3 Å². The molecule has 0 atom stereocenters. The third-order valence-corrected chi connectivity index (χ3v) is 3.06. The highest BCUT2D eigenvalue weighted by Gasteiger charge is 2.07. The first-order valence-electron chi connectivity index (χ1n) is 5.07. The molecule has 0 amide bonds. The molecule has 0 fully saturated rings. The maximum absolute atomic E-state index is 10.7. The summed E-state index contributed by atoms with van der Waals surface area (Å²) in [5.74, 6) is 6.21. The first-order valence-corrected chi connectivity index (χ1v) is 6.43. The molecule has 6 heteroatoms. The fourth-order valence-corrected chi connectivity index (χ4v) is 1.78. The van der Waals surface area contributed by atoms with Gasteiger partial charge in [0.1, 0.15) is 0 Å². The van der Waals surface area contributed by atoms with E-state index < -0.39 is 4.92 Å². The summed E-state index contributed by atoms with van der Waals surface area (Å²) in [6.07, 6.45) is 0.531. The van der Waals surface area contributed by atoms with Crippen molar-refractivity contribution in [1.82, 2.24) is 0 Å². The Morgan fingerprint density at radius 2 is 2.28 bits per heavy atom. The maximum atomic E-state index is 10.7. The van der Waals surface area contributed by atoms with E-state index in [9.17, 15) is 14.9 Å². The first-order chi connectivity index (χ1) is 8.50. The lowest BCUT2D eigenvalue weighted by atomic mass is 10.2. The molecule has 0 unspecified atom stereocenters. The van der Waals surface area contributed by atoms with Crippen molar-refractivity contribution in [3.63, 3.8) is 0 Å². The summed E-state index contributed by atoms with van der Waals surface area (Å²) in [4.78, 5) is 20.8. The highest BCUT2D eigenvalue weighted by molar-refractivity contribution is 8.13. The number of halogens is 1. The van der Waals surface area contributed by atoms with Gasteiger partial charge in [0.2, 0.25) is 0 Å². The molecule has 1 rings (SSSR count). The van der Waals surface area contributed by atoms with E-state index in [1.807, 2.05) is 0 Å². The summed E-state index contributed by atoms with van der Waals surface area (Å²) in [7, 11) is 0. The van der Waals surface area contributed by atoms with Gasteiger partial charge in [0.05, 0.1) is 9.95 Å². The number of hydrogen-bond acceptors (Lipinski definition) is 4. The van der Waals surface area contributed by atoms with Gasteiger partial charge in [-0.05, 0) is 6.07 Å². The lowest BCUT2D eigenvalue weighted by Crippen LogP contribution is -1.89. The minimum absolute atomic E-state index is 0.0400. The van der Waals surface area contributed by atoms with Crippen LogP contribution in [-0.4, -0.2) is 15.8 Å². The molecule has 0 saturated heterocycles. The van der Waals surface area contributed by atoms with Crippen LogP contribution in [0.4, 0.5) is 5.69 Å². The summed E-state index contributed by atoms with van der Waals surface area (Å²) in [5.41, 5.74) is 0.389. The standard InChI is InChI=1S/C12H10ClNO3S/c1-9(15)18-7-3-2-4-10-8-11(14(16)17)5-6-12(10)13/h5-6,8H,3,7H2,1H3. The number of carbonyl (C=O) groups excluding carboxylic acids is 1. The van der Waals surface area contributed by atoms with Crippen LogP contribution in [-0.2, 0) is 4.79 Å². The quantitative estimate of drug-likeness (QED) is 0.370. The fourth-order valence-electron chi connectivity index (χ4n) is 1.13. The van der Waals surface area contributed by atoms with Gasteiger partial charge in [-0.15, -0.1) is 0 Å². The maximum Gasteiger partial charge on any atom is 0.270 e. The van der Waals surface area contributed by atoms with Crippen LogP contribution in [0.1, 0.15) is 18.9 Å². The van der Waals surface area contributed by atoms with Crippen molar-refractivity contribution in [3.05, 3.63) is 38.9 Å². The zero-order chi connectivity index (χ0) is 13.5. The smallest absolute Gasteiger partial charge is 0.270 e. The molecule has 0 aliphatic carbocycles. The van der Waals surface area contributed by atoms with Gasteiger partial charge in [0.25, 0.3) is 5.69 Å². The Kier molecular flexibility index (Phi) is 5.69. The largest absolute Gasteiger partial charge is 0.288 e. The summed E-state index contributed by atoms with van der Waals surface area (Å²) in [6.45, 7) is 1.50. The Morgan fingerprint density at radius 3 is 2.89 bits per heavy atom. The number of nitro groups is 1. The van der Waals surface area contributed by atoms with Gasteiger partial charge in [0.15, 0.2) is 5.12 Å². The highest BCUT2D eigenvalue weighted by atomic mass is 35.5. The lowest BCUT2D eigenvalue weighted by Gasteiger charge is -1.96. The van der Waals surface area contributed by atoms with E-state index in [0.29, 0.717) is 22.8 Å². The van der Waals surface area contributed by atoms with Crippen molar-refractivity contribution in [2.75, 3.05) is 5.75 Å². The van der Waals surface area contributed by atoms with Crippen molar-refractivity contribution in [2.24, 2.45) is 0 Å². The van der Waals surface area contributed by atoms with Gasteiger partial charge in [-0.25, -0.2) is 0 Å². The second-order valence-corrected chi connectivity index (χ2v) is 4.99. The second kappa shape index (κ2) is 7.04. The third-order valence-electron chi connectivity index (χ3n) is 1.92. The minimum Gasteiger partial charge on any atom is -0.288 e. The van der Waals surface area contributed by atoms with Crippen molar-refractivity contribution in [1.29, 1.82) is 0 Å². The molecule has 94 valence electrons. The van der Waals surface area contributed by atoms with Crippen LogP contribution >= 0.6 is 23.4 Å². The van der Waals surface area contributed by atoms with E-state index in [1.165, 1.54) is 36.9 Å². The minimum atomic E-state index is -0.493. The number of thioether (sulfide) groups is 1. The van der Waals surface area contributed by atoms with Crippen LogP contribution < -0.4 is 0 Å². The number of nitro benzene ring substituents is 1. The van der Waals surface area contributed by atoms with E-state index >= 15 is 0 Å². The lowest BCUT2D eigenvalue weighted by molar-refractivity contribution is -0.384. The van der Waals surface area contributed by atoms with Crippen molar-refractivity contribution < 1.29 is 9.72 Å². The Labute approximate surface area is 114 Å². The summed E-state index contributed by atoms with van der Waals surface area (Å²) in [5, 5.41) is 11.0. The zero-order valence-corrected chi connectivity index (χ0v) is 11.2. The summed E-state index contributed by atoms with van der Waals surface area (Å²) < 4.78 is 0. The number of carbonyl (C=O) groups is 1.